The number of nitrogens with one attached hydrogen (secondary N) is 2. The Morgan fingerprint density at radius 2 is 1.61 bits per heavy atom. The van der Waals surface area contributed by atoms with Gasteiger partial charge in [0, 0.05) is 17.8 Å². The van der Waals surface area contributed by atoms with Gasteiger partial charge in [0.05, 0.1) is 5.25 Å². The maximum Gasteiger partial charge on any atom is 0.237 e. The Hall–Kier alpha value is -3.16. The number of aromatic nitrogens is 2. The monoisotopic (exact) mass is 446 g/mol. The number of amides is 1. The third kappa shape index (κ3) is 5.71. The molecule has 4 aromatic rings. The van der Waals surface area contributed by atoms with Gasteiger partial charge in [-0.25, -0.2) is 0 Å². The summed E-state index contributed by atoms with van der Waals surface area (Å²) in [6.45, 7) is 2.57. The summed E-state index contributed by atoms with van der Waals surface area (Å²) in [5, 5.41) is 15.2. The summed E-state index contributed by atoms with van der Waals surface area (Å²) in [6.07, 6.45) is 0. The molecule has 1 heterocycles. The summed E-state index contributed by atoms with van der Waals surface area (Å²) in [5.74, 6) is -0.0672. The van der Waals surface area contributed by atoms with Crippen LogP contribution in [0.3, 0.4) is 0 Å². The van der Waals surface area contributed by atoms with E-state index in [9.17, 15) is 4.79 Å². The van der Waals surface area contributed by atoms with Gasteiger partial charge in [-0.2, -0.15) is 0 Å². The van der Waals surface area contributed by atoms with Crippen LogP contribution in [0, 0.1) is 0 Å². The number of anilines is 2. The Morgan fingerprint density at radius 1 is 0.935 bits per heavy atom. The van der Waals surface area contributed by atoms with Crippen molar-refractivity contribution < 1.29 is 4.79 Å². The van der Waals surface area contributed by atoms with E-state index in [0.29, 0.717) is 6.54 Å². The SMILES string of the molecule is C[C@@H](Sc1nnc(NCc2ccccc2)s1)C(=O)Nc1ccccc1-c1ccccc1. The lowest BCUT2D eigenvalue weighted by molar-refractivity contribution is -0.115. The number of para-hydroxylation sites is 1. The molecule has 0 radical (unpaired) electrons. The van der Waals surface area contributed by atoms with Gasteiger partial charge in [-0.3, -0.25) is 4.79 Å². The van der Waals surface area contributed by atoms with Crippen LogP contribution in [0.25, 0.3) is 11.1 Å². The fourth-order valence-corrected chi connectivity index (χ4v) is 4.89. The van der Waals surface area contributed by atoms with E-state index in [-0.39, 0.29) is 11.2 Å². The maximum atomic E-state index is 12.8. The highest BCUT2D eigenvalue weighted by Crippen LogP contribution is 2.31. The van der Waals surface area contributed by atoms with Crippen LogP contribution in [-0.4, -0.2) is 21.4 Å². The lowest BCUT2D eigenvalue weighted by atomic mass is 10.0. The largest absolute Gasteiger partial charge is 0.356 e. The van der Waals surface area contributed by atoms with Gasteiger partial charge in [0.2, 0.25) is 11.0 Å². The van der Waals surface area contributed by atoms with Crippen molar-refractivity contribution in [1.29, 1.82) is 0 Å². The molecule has 0 saturated carbocycles. The van der Waals surface area contributed by atoms with Crippen LogP contribution in [0.5, 0.6) is 0 Å². The van der Waals surface area contributed by atoms with E-state index in [2.05, 4.69) is 33.0 Å². The molecule has 0 bridgehead atoms. The zero-order valence-corrected chi connectivity index (χ0v) is 18.6. The Balaban J connectivity index is 1.36. The summed E-state index contributed by atoms with van der Waals surface area (Å²) in [4.78, 5) is 12.8. The molecule has 0 aliphatic carbocycles. The molecule has 1 amide bonds. The first-order chi connectivity index (χ1) is 15.2. The van der Waals surface area contributed by atoms with E-state index in [1.807, 2.05) is 79.7 Å². The molecule has 1 atom stereocenters. The second-order valence-corrected chi connectivity index (χ2v) is 9.44. The third-order valence-corrected chi connectivity index (χ3v) is 6.67. The number of carbonyl (C=O) groups is 1. The quantitative estimate of drug-likeness (QED) is 0.328. The van der Waals surface area contributed by atoms with E-state index in [1.165, 1.54) is 28.7 Å². The molecule has 0 spiro atoms. The van der Waals surface area contributed by atoms with E-state index in [0.717, 1.165) is 26.3 Å². The van der Waals surface area contributed by atoms with E-state index < -0.39 is 0 Å². The zero-order chi connectivity index (χ0) is 21.5. The van der Waals surface area contributed by atoms with Crippen LogP contribution >= 0.6 is 23.1 Å². The molecule has 31 heavy (non-hydrogen) atoms. The fourth-order valence-electron chi connectivity index (χ4n) is 3.00. The van der Waals surface area contributed by atoms with Crippen molar-refractivity contribution in [1.82, 2.24) is 10.2 Å². The van der Waals surface area contributed by atoms with Gasteiger partial charge in [0.1, 0.15) is 0 Å². The second-order valence-electron chi connectivity index (χ2n) is 6.87. The number of hydrogen-bond acceptors (Lipinski definition) is 6. The molecule has 1 aromatic heterocycles. The summed E-state index contributed by atoms with van der Waals surface area (Å²) >= 11 is 2.86. The fraction of sp³-hybridized carbons (Fsp3) is 0.125. The van der Waals surface area contributed by atoms with Gasteiger partial charge in [0.15, 0.2) is 4.34 Å². The molecule has 0 unspecified atom stereocenters. The van der Waals surface area contributed by atoms with Crippen molar-refractivity contribution >= 4 is 39.8 Å². The van der Waals surface area contributed by atoms with Crippen LogP contribution in [0.15, 0.2) is 89.3 Å². The van der Waals surface area contributed by atoms with Crippen LogP contribution in [0.4, 0.5) is 10.8 Å². The van der Waals surface area contributed by atoms with E-state index >= 15 is 0 Å². The summed E-state index contributed by atoms with van der Waals surface area (Å²) < 4.78 is 0.759. The van der Waals surface area contributed by atoms with Crippen LogP contribution in [0.2, 0.25) is 0 Å². The van der Waals surface area contributed by atoms with Crippen molar-refractivity contribution in [3.63, 3.8) is 0 Å². The molecule has 4 rings (SSSR count). The molecule has 0 aliphatic rings. The van der Waals surface area contributed by atoms with Gasteiger partial charge in [0.25, 0.3) is 0 Å². The smallest absolute Gasteiger partial charge is 0.237 e. The second kappa shape index (κ2) is 10.2. The molecule has 7 heteroatoms. The average Bonchev–Trinajstić information content (AvgIpc) is 3.26. The van der Waals surface area contributed by atoms with Gasteiger partial charge in [-0.1, -0.05) is 102 Å². The molecule has 0 saturated heterocycles. The first-order valence-electron chi connectivity index (χ1n) is 9.92. The number of hydrogen-bond donors (Lipinski definition) is 2. The minimum absolute atomic E-state index is 0.0672. The van der Waals surface area contributed by atoms with Crippen LogP contribution in [0.1, 0.15) is 12.5 Å². The highest BCUT2D eigenvalue weighted by atomic mass is 32.2. The molecular weight excluding hydrogens is 424 g/mol. The number of benzene rings is 3. The van der Waals surface area contributed by atoms with Crippen molar-refractivity contribution in [3.05, 3.63) is 90.5 Å². The van der Waals surface area contributed by atoms with Crippen molar-refractivity contribution in [2.24, 2.45) is 0 Å². The lowest BCUT2D eigenvalue weighted by Gasteiger charge is -2.14. The lowest BCUT2D eigenvalue weighted by Crippen LogP contribution is -2.22. The molecule has 5 nitrogen and oxygen atoms in total. The average molecular weight is 447 g/mol. The highest BCUT2D eigenvalue weighted by Gasteiger charge is 2.18. The minimum atomic E-state index is -0.307. The standard InChI is InChI=1S/C24H22N4OS2/c1-17(30-24-28-27-23(31-24)25-16-18-10-4-2-5-11-18)22(29)26-21-15-9-8-14-20(21)19-12-6-3-7-13-19/h2-15,17H,16H2,1H3,(H,25,27)(H,26,29)/t17-/m1/s1. The molecule has 3 aromatic carbocycles. The van der Waals surface area contributed by atoms with Crippen LogP contribution < -0.4 is 10.6 Å². The molecule has 156 valence electrons. The third-order valence-electron chi connectivity index (χ3n) is 4.61. The Bertz CT molecular complexity index is 1130. The summed E-state index contributed by atoms with van der Waals surface area (Å²) in [5.41, 5.74) is 4.04. The van der Waals surface area contributed by atoms with Gasteiger partial charge in [-0.15, -0.1) is 10.2 Å². The van der Waals surface area contributed by atoms with Gasteiger partial charge in [-0.05, 0) is 24.1 Å². The predicted octanol–water partition coefficient (Wildman–Crippen LogP) is 5.94. The molecule has 0 fully saturated rings. The Labute approximate surface area is 189 Å². The van der Waals surface area contributed by atoms with Crippen molar-refractivity contribution in [3.8, 4) is 11.1 Å². The van der Waals surface area contributed by atoms with Crippen LogP contribution in [-0.2, 0) is 11.3 Å². The highest BCUT2D eigenvalue weighted by molar-refractivity contribution is 8.02. The first kappa shape index (κ1) is 21.1. The van der Waals surface area contributed by atoms with E-state index in [4.69, 9.17) is 0 Å². The number of thioether (sulfide) groups is 1. The predicted molar refractivity (Wildman–Crippen MR) is 130 cm³/mol. The Kier molecular flexibility index (Phi) is 6.96. The Morgan fingerprint density at radius 3 is 2.39 bits per heavy atom. The van der Waals surface area contributed by atoms with Gasteiger partial charge < -0.3 is 10.6 Å². The van der Waals surface area contributed by atoms with Crippen molar-refractivity contribution in [2.45, 2.75) is 23.1 Å². The maximum absolute atomic E-state index is 12.8. The zero-order valence-electron chi connectivity index (χ0n) is 17.0. The number of rotatable bonds is 8. The molecular formula is C24H22N4OS2. The number of nitrogens with zero attached hydrogens (tertiary/aromatic N) is 2. The topological polar surface area (TPSA) is 66.9 Å². The molecule has 2 N–H and O–H groups in total. The van der Waals surface area contributed by atoms with Gasteiger partial charge >= 0.3 is 0 Å². The molecule has 0 aliphatic heterocycles. The van der Waals surface area contributed by atoms with Crippen molar-refractivity contribution in [2.75, 3.05) is 10.6 Å². The summed E-state index contributed by atoms with van der Waals surface area (Å²) in [7, 11) is 0. The minimum Gasteiger partial charge on any atom is -0.356 e. The normalized spacial score (nSPS) is 11.6. The number of carbonyl (C=O) groups excluding carboxylic acids is 1. The first-order valence-corrected chi connectivity index (χ1v) is 11.6. The van der Waals surface area contributed by atoms with E-state index in [1.54, 1.807) is 0 Å². The summed E-state index contributed by atoms with van der Waals surface area (Å²) in [6, 6.07) is 28.0.